The number of carbonyl (C=O) groups excluding carboxylic acids is 1. The number of carbonyl (C=O) groups is 1. The van der Waals surface area contributed by atoms with Gasteiger partial charge in [0, 0.05) is 6.04 Å². The van der Waals surface area contributed by atoms with E-state index in [-0.39, 0.29) is 6.79 Å². The predicted molar refractivity (Wildman–Crippen MR) is 82.0 cm³/mol. The van der Waals surface area contributed by atoms with Crippen LogP contribution >= 0.6 is 0 Å². The lowest BCUT2D eigenvalue weighted by molar-refractivity contribution is -0.182. The van der Waals surface area contributed by atoms with Crippen LogP contribution in [0.4, 0.5) is 13.2 Å². The van der Waals surface area contributed by atoms with Crippen LogP contribution in [0, 0.1) is 0 Å². The van der Waals surface area contributed by atoms with Crippen LogP contribution in [-0.2, 0) is 11.2 Å². The molecule has 128 valence electrons. The maximum Gasteiger partial charge on any atom is 0.470 e. The Hall–Kier alpha value is -1.70. The highest BCUT2D eigenvalue weighted by Gasteiger charge is 2.47. The largest absolute Gasteiger partial charge is 0.470 e. The molecule has 1 aliphatic rings. The summed E-state index contributed by atoms with van der Waals surface area (Å²) in [4.78, 5) is 11.8. The number of benzene rings is 1. The third-order valence-corrected chi connectivity index (χ3v) is 5.68. The molecule has 0 aromatic heterocycles. The topological polar surface area (TPSA) is 38.8 Å². The van der Waals surface area contributed by atoms with Crippen LogP contribution in [-0.4, -0.2) is 37.7 Å². The summed E-state index contributed by atoms with van der Waals surface area (Å²) in [5.74, 6) is -0.559. The number of amides is 1. The first-order chi connectivity index (χ1) is 10.5. The summed E-state index contributed by atoms with van der Waals surface area (Å²) in [6.07, 6.45) is -4.54. The van der Waals surface area contributed by atoms with Crippen molar-refractivity contribution in [3.8, 4) is 11.5 Å². The Balaban J connectivity index is 2.21. The van der Waals surface area contributed by atoms with Gasteiger partial charge in [-0.25, -0.2) is 0 Å². The van der Waals surface area contributed by atoms with E-state index in [1.807, 2.05) is 0 Å². The minimum Gasteiger partial charge on any atom is -0.454 e. The molecule has 0 spiro atoms. The van der Waals surface area contributed by atoms with Gasteiger partial charge in [-0.3, -0.25) is 4.79 Å². The zero-order chi connectivity index (χ0) is 17.4. The van der Waals surface area contributed by atoms with Crippen molar-refractivity contribution >= 4 is 14.1 Å². The van der Waals surface area contributed by atoms with Crippen LogP contribution < -0.4 is 9.47 Å². The van der Waals surface area contributed by atoms with Gasteiger partial charge in [-0.05, 0) is 31.0 Å². The summed E-state index contributed by atoms with van der Waals surface area (Å²) >= 11 is 0. The molecule has 0 fully saturated rings. The van der Waals surface area contributed by atoms with E-state index in [2.05, 4.69) is 0 Å². The molecule has 4 nitrogen and oxygen atoms in total. The predicted octanol–water partition coefficient (Wildman–Crippen LogP) is 3.57. The maximum absolute atomic E-state index is 12.9. The molecule has 1 aliphatic heterocycles. The van der Waals surface area contributed by atoms with Gasteiger partial charge in [-0.2, -0.15) is 13.2 Å². The van der Waals surface area contributed by atoms with Crippen LogP contribution in [0.5, 0.6) is 11.5 Å². The summed E-state index contributed by atoms with van der Waals surface area (Å²) in [5, 5.41) is 0. The van der Waals surface area contributed by atoms with Gasteiger partial charge < -0.3 is 14.0 Å². The maximum atomic E-state index is 12.9. The van der Waals surface area contributed by atoms with E-state index in [1.54, 1.807) is 44.8 Å². The lowest BCUT2D eigenvalue weighted by Gasteiger charge is -2.39. The fourth-order valence-corrected chi connectivity index (χ4v) is 4.95. The average Bonchev–Trinajstić information content (AvgIpc) is 2.83. The van der Waals surface area contributed by atoms with Crippen LogP contribution in [0.3, 0.4) is 0 Å². The molecule has 1 amide bonds. The van der Waals surface area contributed by atoms with Gasteiger partial charge in [-0.15, -0.1) is 0 Å². The Morgan fingerprint density at radius 1 is 1.26 bits per heavy atom. The fraction of sp³-hybridized carbons (Fsp3) is 0.533. The van der Waals surface area contributed by atoms with Gasteiger partial charge in [0.1, 0.15) is 0 Å². The quantitative estimate of drug-likeness (QED) is 0.782. The van der Waals surface area contributed by atoms with E-state index in [1.165, 1.54) is 0 Å². The SMILES string of the molecule is CC(Cc1ccc2c(c1)OCO2)N(C(=O)C(F)(F)F)[Si](C)(C)C. The molecule has 0 radical (unpaired) electrons. The summed E-state index contributed by atoms with van der Waals surface area (Å²) in [5.41, 5.74) is 0.806. The lowest BCUT2D eigenvalue weighted by atomic mass is 10.1. The van der Waals surface area contributed by atoms with Crippen molar-refractivity contribution < 1.29 is 27.4 Å². The molecule has 1 heterocycles. The highest BCUT2D eigenvalue weighted by molar-refractivity contribution is 6.75. The highest BCUT2D eigenvalue weighted by atomic mass is 28.3. The monoisotopic (exact) mass is 347 g/mol. The van der Waals surface area contributed by atoms with Gasteiger partial charge in [0.15, 0.2) is 19.7 Å². The normalized spacial score (nSPS) is 15.4. The number of nitrogens with zero attached hydrogens (tertiary/aromatic N) is 1. The third-order valence-electron chi connectivity index (χ3n) is 3.59. The number of ether oxygens (including phenoxy) is 2. The highest BCUT2D eigenvalue weighted by Crippen LogP contribution is 2.33. The molecule has 2 rings (SSSR count). The van der Waals surface area contributed by atoms with E-state index in [4.69, 9.17) is 9.47 Å². The Labute approximate surface area is 134 Å². The first kappa shape index (κ1) is 17.6. The van der Waals surface area contributed by atoms with Crippen LogP contribution in [0.2, 0.25) is 19.6 Å². The Morgan fingerprint density at radius 3 is 2.43 bits per heavy atom. The molecule has 0 saturated heterocycles. The number of halogens is 3. The van der Waals surface area contributed by atoms with Gasteiger partial charge in [0.2, 0.25) is 6.79 Å². The second kappa shape index (κ2) is 6.07. The van der Waals surface area contributed by atoms with E-state index in [0.717, 1.165) is 10.1 Å². The van der Waals surface area contributed by atoms with Gasteiger partial charge >= 0.3 is 12.1 Å². The van der Waals surface area contributed by atoms with Crippen molar-refractivity contribution in [2.45, 2.75) is 45.2 Å². The van der Waals surface area contributed by atoms with Crippen molar-refractivity contribution in [1.82, 2.24) is 4.57 Å². The molecule has 0 saturated carbocycles. The van der Waals surface area contributed by atoms with Crippen LogP contribution in [0.1, 0.15) is 12.5 Å². The van der Waals surface area contributed by atoms with Gasteiger partial charge in [0.25, 0.3) is 0 Å². The fourth-order valence-electron chi connectivity index (χ4n) is 2.80. The molecular formula is C15H20F3NO3Si. The Kier molecular flexibility index (Phi) is 4.65. The minimum atomic E-state index is -4.86. The van der Waals surface area contributed by atoms with Crippen LogP contribution in [0.25, 0.3) is 0 Å². The number of hydrogen-bond donors (Lipinski definition) is 0. The second-order valence-electron chi connectivity index (χ2n) is 6.58. The summed E-state index contributed by atoms with van der Waals surface area (Å²) in [6, 6.07) is 4.70. The summed E-state index contributed by atoms with van der Waals surface area (Å²) in [7, 11) is -2.49. The van der Waals surface area contributed by atoms with Gasteiger partial charge in [0.05, 0.1) is 0 Å². The molecular weight excluding hydrogens is 327 g/mol. The van der Waals surface area contributed by atoms with Gasteiger partial charge in [-0.1, -0.05) is 25.7 Å². The third kappa shape index (κ3) is 3.98. The number of hydrogen-bond acceptors (Lipinski definition) is 3. The molecule has 0 N–H and O–H groups in total. The minimum absolute atomic E-state index is 0.141. The zero-order valence-electron chi connectivity index (χ0n) is 13.5. The van der Waals surface area contributed by atoms with E-state index >= 15 is 0 Å². The average molecular weight is 347 g/mol. The van der Waals surface area contributed by atoms with Crippen molar-refractivity contribution in [1.29, 1.82) is 0 Å². The number of fused-ring (bicyclic) bond motifs is 1. The molecule has 23 heavy (non-hydrogen) atoms. The Morgan fingerprint density at radius 2 is 1.87 bits per heavy atom. The van der Waals surface area contributed by atoms with Crippen molar-refractivity contribution in [2.24, 2.45) is 0 Å². The summed E-state index contributed by atoms with van der Waals surface area (Å²) < 4.78 is 50.2. The number of rotatable bonds is 4. The van der Waals surface area contributed by atoms with E-state index in [9.17, 15) is 18.0 Å². The van der Waals surface area contributed by atoms with E-state index < -0.39 is 26.4 Å². The second-order valence-corrected chi connectivity index (χ2v) is 11.4. The molecule has 1 aromatic carbocycles. The zero-order valence-corrected chi connectivity index (χ0v) is 14.5. The lowest BCUT2D eigenvalue weighted by Crippen LogP contribution is -2.58. The Bertz CT molecular complexity index is 599. The molecule has 1 atom stereocenters. The van der Waals surface area contributed by atoms with E-state index in [0.29, 0.717) is 17.9 Å². The van der Waals surface area contributed by atoms with Crippen LogP contribution in [0.15, 0.2) is 18.2 Å². The van der Waals surface area contributed by atoms with Crippen molar-refractivity contribution in [2.75, 3.05) is 6.79 Å². The molecule has 0 aliphatic carbocycles. The number of alkyl halides is 3. The smallest absolute Gasteiger partial charge is 0.454 e. The standard InChI is InChI=1S/C15H20F3NO3Si/c1-10(19(23(2,3)4)14(20)15(16,17)18)7-11-5-6-12-13(8-11)22-9-21-12/h5-6,8,10H,7,9H2,1-4H3. The first-order valence-electron chi connectivity index (χ1n) is 7.29. The van der Waals surface area contributed by atoms with Crippen molar-refractivity contribution in [3.63, 3.8) is 0 Å². The molecule has 1 unspecified atom stereocenters. The first-order valence-corrected chi connectivity index (χ1v) is 10.7. The summed E-state index contributed by atoms with van der Waals surface area (Å²) in [6.45, 7) is 6.97. The molecule has 1 aromatic rings. The molecule has 8 heteroatoms. The molecule has 0 bridgehead atoms. The van der Waals surface area contributed by atoms with Crippen molar-refractivity contribution in [3.05, 3.63) is 23.8 Å².